The van der Waals surface area contributed by atoms with Gasteiger partial charge >= 0.3 is 0 Å². The first-order chi connectivity index (χ1) is 8.87. The first-order valence-electron chi connectivity index (χ1n) is 7.84. The van der Waals surface area contributed by atoms with E-state index in [0.717, 1.165) is 19.1 Å². The van der Waals surface area contributed by atoms with Crippen LogP contribution in [0.5, 0.6) is 0 Å². The number of hydrogen-bond donors (Lipinski definition) is 1. The Kier molecular flexibility index (Phi) is 6.78. The molecule has 0 heterocycles. The molecule has 1 aliphatic carbocycles. The molecule has 0 spiro atoms. The van der Waals surface area contributed by atoms with Gasteiger partial charge in [-0.3, -0.25) is 0 Å². The van der Waals surface area contributed by atoms with Gasteiger partial charge in [0.25, 0.3) is 0 Å². The van der Waals surface area contributed by atoms with Gasteiger partial charge in [-0.2, -0.15) is 0 Å². The largest absolute Gasteiger partial charge is 0.379 e. The van der Waals surface area contributed by atoms with Crippen molar-refractivity contribution >= 4 is 0 Å². The Labute approximate surface area is 119 Å². The minimum atomic E-state index is 0.0247. The Morgan fingerprint density at radius 2 is 1.79 bits per heavy atom. The van der Waals surface area contributed by atoms with Crippen molar-refractivity contribution in [2.24, 2.45) is 5.92 Å². The molecule has 1 rings (SSSR count). The Morgan fingerprint density at radius 3 is 2.32 bits per heavy atom. The van der Waals surface area contributed by atoms with Crippen molar-refractivity contribution in [3.05, 3.63) is 0 Å². The van der Waals surface area contributed by atoms with Crippen molar-refractivity contribution in [3.63, 3.8) is 0 Å². The fourth-order valence-electron chi connectivity index (χ4n) is 2.55. The van der Waals surface area contributed by atoms with Crippen molar-refractivity contribution in [2.75, 3.05) is 26.4 Å². The highest BCUT2D eigenvalue weighted by atomic mass is 16.5. The molecule has 1 aliphatic rings. The molecule has 0 bridgehead atoms. The molecule has 0 amide bonds. The summed E-state index contributed by atoms with van der Waals surface area (Å²) in [5.74, 6) is 0.846. The summed E-state index contributed by atoms with van der Waals surface area (Å²) >= 11 is 0. The number of rotatable bonds is 7. The maximum Gasteiger partial charge on any atom is 0.0807 e. The molecule has 0 atom stereocenters. The van der Waals surface area contributed by atoms with Crippen molar-refractivity contribution < 1.29 is 9.47 Å². The molecule has 1 fully saturated rings. The van der Waals surface area contributed by atoms with Crippen molar-refractivity contribution in [1.82, 2.24) is 5.32 Å². The van der Waals surface area contributed by atoms with Gasteiger partial charge in [0.2, 0.25) is 0 Å². The lowest BCUT2D eigenvalue weighted by Gasteiger charge is -2.41. The van der Waals surface area contributed by atoms with Gasteiger partial charge in [-0.15, -0.1) is 0 Å². The fourth-order valence-corrected chi connectivity index (χ4v) is 2.55. The van der Waals surface area contributed by atoms with Gasteiger partial charge in [0.15, 0.2) is 0 Å². The first-order valence-corrected chi connectivity index (χ1v) is 7.84. The molecule has 0 saturated heterocycles. The molecule has 3 nitrogen and oxygen atoms in total. The molecule has 19 heavy (non-hydrogen) atoms. The summed E-state index contributed by atoms with van der Waals surface area (Å²) in [4.78, 5) is 0. The molecular formula is C16H33NO2. The van der Waals surface area contributed by atoms with E-state index in [1.807, 2.05) is 6.92 Å². The summed E-state index contributed by atoms with van der Waals surface area (Å²) < 4.78 is 11.6. The van der Waals surface area contributed by atoms with E-state index in [2.05, 4.69) is 33.0 Å². The molecular weight excluding hydrogens is 238 g/mol. The second-order valence-electron chi connectivity index (χ2n) is 7.01. The zero-order chi connectivity index (χ0) is 14.4. The molecule has 0 aliphatic heterocycles. The fraction of sp³-hybridized carbons (Fsp3) is 1.00. The number of hydrogen-bond acceptors (Lipinski definition) is 3. The lowest BCUT2D eigenvalue weighted by Crippen LogP contribution is -2.51. The van der Waals surface area contributed by atoms with Gasteiger partial charge in [-0.05, 0) is 59.3 Å². The van der Waals surface area contributed by atoms with Crippen LogP contribution < -0.4 is 5.32 Å². The highest BCUT2D eigenvalue weighted by Crippen LogP contribution is 2.34. The number of nitrogens with one attached hydrogen (secondary N) is 1. The van der Waals surface area contributed by atoms with Crippen molar-refractivity contribution in [3.8, 4) is 0 Å². The monoisotopic (exact) mass is 271 g/mol. The molecule has 114 valence electrons. The topological polar surface area (TPSA) is 30.5 Å². The zero-order valence-corrected chi connectivity index (χ0v) is 13.6. The summed E-state index contributed by atoms with van der Waals surface area (Å²) in [5.41, 5.74) is 0.177. The Morgan fingerprint density at radius 1 is 1.16 bits per heavy atom. The van der Waals surface area contributed by atoms with Gasteiger partial charge in [-0.1, -0.05) is 6.92 Å². The van der Waals surface area contributed by atoms with Gasteiger partial charge in [0.05, 0.1) is 18.8 Å². The van der Waals surface area contributed by atoms with Crippen LogP contribution >= 0.6 is 0 Å². The van der Waals surface area contributed by atoms with Gasteiger partial charge in [0, 0.05) is 18.7 Å². The first kappa shape index (κ1) is 16.9. The Hall–Kier alpha value is -0.120. The van der Waals surface area contributed by atoms with E-state index in [0.29, 0.717) is 13.2 Å². The van der Waals surface area contributed by atoms with Crippen molar-refractivity contribution in [1.29, 1.82) is 0 Å². The SMILES string of the molecule is CCOCCOC1(CNC(C)(C)C)CCC(C)CC1. The third-order valence-corrected chi connectivity index (χ3v) is 3.97. The van der Waals surface area contributed by atoms with Crippen LogP contribution in [0.3, 0.4) is 0 Å². The summed E-state index contributed by atoms with van der Waals surface area (Å²) in [7, 11) is 0. The minimum Gasteiger partial charge on any atom is -0.379 e. The average Bonchev–Trinajstić information content (AvgIpc) is 2.35. The van der Waals surface area contributed by atoms with Gasteiger partial charge in [-0.25, -0.2) is 0 Å². The van der Waals surface area contributed by atoms with Crippen LogP contribution in [-0.4, -0.2) is 37.5 Å². The Bertz CT molecular complexity index is 240. The average molecular weight is 271 g/mol. The van der Waals surface area contributed by atoms with Crippen LogP contribution in [0.2, 0.25) is 0 Å². The van der Waals surface area contributed by atoms with E-state index in [9.17, 15) is 0 Å². The molecule has 0 aromatic rings. The third-order valence-electron chi connectivity index (χ3n) is 3.97. The highest BCUT2D eigenvalue weighted by Gasteiger charge is 2.35. The standard InChI is InChI=1S/C16H33NO2/c1-6-18-11-12-19-16(13-17-15(3,4)5)9-7-14(2)8-10-16/h14,17H,6-13H2,1-5H3. The number of ether oxygens (including phenoxy) is 2. The van der Waals surface area contributed by atoms with Crippen LogP contribution in [0.1, 0.15) is 60.3 Å². The molecule has 3 heteroatoms. The van der Waals surface area contributed by atoms with E-state index >= 15 is 0 Å². The van der Waals surface area contributed by atoms with Crippen molar-refractivity contribution in [2.45, 2.75) is 71.4 Å². The van der Waals surface area contributed by atoms with E-state index in [-0.39, 0.29) is 11.1 Å². The van der Waals surface area contributed by atoms with Crippen LogP contribution in [0.4, 0.5) is 0 Å². The van der Waals surface area contributed by atoms with Crippen LogP contribution in [0.15, 0.2) is 0 Å². The maximum atomic E-state index is 6.23. The van der Waals surface area contributed by atoms with Crippen LogP contribution in [-0.2, 0) is 9.47 Å². The quantitative estimate of drug-likeness (QED) is 0.720. The van der Waals surface area contributed by atoms with Gasteiger partial charge < -0.3 is 14.8 Å². The third kappa shape index (κ3) is 6.73. The summed E-state index contributed by atoms with van der Waals surface area (Å²) in [6.45, 7) is 14.2. The van der Waals surface area contributed by atoms with Gasteiger partial charge in [0.1, 0.15) is 0 Å². The van der Waals surface area contributed by atoms with Crippen LogP contribution in [0.25, 0.3) is 0 Å². The molecule has 0 unspecified atom stereocenters. The van der Waals surface area contributed by atoms with E-state index < -0.39 is 0 Å². The van der Waals surface area contributed by atoms with Crippen LogP contribution in [0, 0.1) is 5.92 Å². The molecule has 0 radical (unpaired) electrons. The Balaban J connectivity index is 2.47. The van der Waals surface area contributed by atoms with E-state index in [1.165, 1.54) is 25.7 Å². The summed E-state index contributed by atoms with van der Waals surface area (Å²) in [6, 6.07) is 0. The lowest BCUT2D eigenvalue weighted by molar-refractivity contribution is -0.0931. The smallest absolute Gasteiger partial charge is 0.0807 e. The second kappa shape index (κ2) is 7.61. The predicted octanol–water partition coefficient (Wildman–Crippen LogP) is 3.38. The summed E-state index contributed by atoms with van der Waals surface area (Å²) in [6.07, 6.45) is 4.90. The van der Waals surface area contributed by atoms with E-state index in [1.54, 1.807) is 0 Å². The lowest BCUT2D eigenvalue weighted by atomic mass is 9.79. The highest BCUT2D eigenvalue weighted by molar-refractivity contribution is 4.90. The van der Waals surface area contributed by atoms with E-state index in [4.69, 9.17) is 9.47 Å². The minimum absolute atomic E-state index is 0.0247. The molecule has 1 saturated carbocycles. The molecule has 1 N–H and O–H groups in total. The zero-order valence-electron chi connectivity index (χ0n) is 13.6. The molecule has 0 aromatic heterocycles. The predicted molar refractivity (Wildman–Crippen MR) is 80.6 cm³/mol. The molecule has 0 aromatic carbocycles. The second-order valence-corrected chi connectivity index (χ2v) is 7.01. The maximum absolute atomic E-state index is 6.23. The summed E-state index contributed by atoms with van der Waals surface area (Å²) in [5, 5.41) is 3.62. The normalized spacial score (nSPS) is 28.6.